The first kappa shape index (κ1) is 16.5. The van der Waals surface area contributed by atoms with Gasteiger partial charge in [0.15, 0.2) is 0 Å². The molecule has 1 aromatic heterocycles. The molecular weight excluding hydrogens is 294 g/mol. The Labute approximate surface area is 135 Å². The molecule has 0 saturated carbocycles. The third-order valence-corrected chi connectivity index (χ3v) is 4.20. The van der Waals surface area contributed by atoms with Crippen LogP contribution in [0.4, 0.5) is 5.69 Å². The summed E-state index contributed by atoms with van der Waals surface area (Å²) in [5, 5.41) is 6.22. The van der Waals surface area contributed by atoms with Gasteiger partial charge in [0.05, 0.1) is 6.04 Å². The molecule has 116 valence electrons. The predicted molar refractivity (Wildman–Crippen MR) is 92.1 cm³/mol. The van der Waals surface area contributed by atoms with Gasteiger partial charge in [0.2, 0.25) is 5.91 Å². The quantitative estimate of drug-likeness (QED) is 0.801. The van der Waals surface area contributed by atoms with E-state index in [4.69, 9.17) is 0 Å². The zero-order chi connectivity index (χ0) is 15.9. The van der Waals surface area contributed by atoms with Crippen molar-refractivity contribution in [2.24, 2.45) is 0 Å². The van der Waals surface area contributed by atoms with E-state index in [1.807, 2.05) is 56.5 Å². The molecule has 0 bridgehead atoms. The molecule has 2 atom stereocenters. The van der Waals surface area contributed by atoms with E-state index in [2.05, 4.69) is 15.6 Å². The molecule has 22 heavy (non-hydrogen) atoms. The van der Waals surface area contributed by atoms with Gasteiger partial charge >= 0.3 is 0 Å². The lowest BCUT2D eigenvalue weighted by atomic mass is 10.1. The van der Waals surface area contributed by atoms with E-state index in [-0.39, 0.29) is 18.0 Å². The first-order chi connectivity index (χ1) is 10.6. The number of carbonyl (C=O) groups is 1. The largest absolute Gasteiger partial charge is 0.325 e. The molecule has 0 saturated heterocycles. The summed E-state index contributed by atoms with van der Waals surface area (Å²) in [6.45, 7) is 3.90. The van der Waals surface area contributed by atoms with E-state index in [1.165, 1.54) is 4.90 Å². The van der Waals surface area contributed by atoms with Crippen molar-refractivity contribution in [3.63, 3.8) is 0 Å². The van der Waals surface area contributed by atoms with E-state index in [1.54, 1.807) is 24.2 Å². The molecule has 2 rings (SSSR count). The highest BCUT2D eigenvalue weighted by molar-refractivity contribution is 7.98. The summed E-state index contributed by atoms with van der Waals surface area (Å²) in [4.78, 5) is 17.4. The third-order valence-electron chi connectivity index (χ3n) is 3.46. The highest BCUT2D eigenvalue weighted by Gasteiger charge is 2.16. The molecule has 0 unspecified atom stereocenters. The van der Waals surface area contributed by atoms with Crippen molar-refractivity contribution >= 4 is 23.4 Å². The van der Waals surface area contributed by atoms with Crippen molar-refractivity contribution in [1.29, 1.82) is 0 Å². The van der Waals surface area contributed by atoms with Crippen LogP contribution in [0.5, 0.6) is 0 Å². The first-order valence-electron chi connectivity index (χ1n) is 7.21. The summed E-state index contributed by atoms with van der Waals surface area (Å²) >= 11 is 1.68. The van der Waals surface area contributed by atoms with Crippen molar-refractivity contribution in [1.82, 2.24) is 10.3 Å². The second-order valence-corrected chi connectivity index (χ2v) is 5.99. The van der Waals surface area contributed by atoms with Crippen LogP contribution in [0.15, 0.2) is 53.7 Å². The van der Waals surface area contributed by atoms with Crippen molar-refractivity contribution in [2.75, 3.05) is 11.6 Å². The fourth-order valence-corrected chi connectivity index (χ4v) is 2.53. The first-order valence-corrected chi connectivity index (χ1v) is 8.43. The number of carbonyl (C=O) groups excluding carboxylic acids is 1. The van der Waals surface area contributed by atoms with Crippen LogP contribution in [0.1, 0.15) is 25.5 Å². The van der Waals surface area contributed by atoms with Gasteiger partial charge in [0.25, 0.3) is 0 Å². The van der Waals surface area contributed by atoms with Crippen LogP contribution in [0, 0.1) is 0 Å². The number of nitrogens with one attached hydrogen (secondary N) is 2. The van der Waals surface area contributed by atoms with Gasteiger partial charge in [-0.2, -0.15) is 0 Å². The van der Waals surface area contributed by atoms with Gasteiger partial charge in [-0.1, -0.05) is 0 Å². The predicted octanol–water partition coefficient (Wildman–Crippen LogP) is 3.48. The topological polar surface area (TPSA) is 54.0 Å². The maximum Gasteiger partial charge on any atom is 0.241 e. The van der Waals surface area contributed by atoms with Gasteiger partial charge in [0.1, 0.15) is 0 Å². The molecular formula is C17H21N3OS. The lowest BCUT2D eigenvalue weighted by Crippen LogP contribution is -2.39. The number of pyridine rings is 1. The van der Waals surface area contributed by atoms with Crippen LogP contribution in [-0.2, 0) is 4.79 Å². The normalized spacial score (nSPS) is 13.4. The molecule has 1 amide bonds. The summed E-state index contributed by atoms with van der Waals surface area (Å²) in [7, 11) is 0. The number of hydrogen-bond donors (Lipinski definition) is 2. The van der Waals surface area contributed by atoms with Crippen molar-refractivity contribution in [3.05, 3.63) is 54.4 Å². The average Bonchev–Trinajstić information content (AvgIpc) is 2.56. The Bertz CT molecular complexity index is 601. The minimum absolute atomic E-state index is 0.0437. The number of rotatable bonds is 6. The van der Waals surface area contributed by atoms with Gasteiger partial charge in [0, 0.05) is 29.0 Å². The number of thioether (sulfide) groups is 1. The Morgan fingerprint density at radius 2 is 1.73 bits per heavy atom. The molecule has 5 heteroatoms. The summed E-state index contributed by atoms with van der Waals surface area (Å²) in [5.74, 6) is -0.0437. The number of hydrogen-bond acceptors (Lipinski definition) is 4. The SMILES string of the molecule is CSc1ccc(NC(=O)[C@@H](C)N[C@@H](C)c2ccncc2)cc1. The molecule has 0 aliphatic rings. The third kappa shape index (κ3) is 4.58. The molecule has 2 N–H and O–H groups in total. The second-order valence-electron chi connectivity index (χ2n) is 5.11. The van der Waals surface area contributed by atoms with E-state index in [0.717, 1.165) is 11.3 Å². The maximum absolute atomic E-state index is 12.2. The minimum atomic E-state index is -0.289. The zero-order valence-electron chi connectivity index (χ0n) is 13.0. The number of benzene rings is 1. The van der Waals surface area contributed by atoms with Crippen molar-refractivity contribution in [2.45, 2.75) is 30.8 Å². The Morgan fingerprint density at radius 1 is 1.09 bits per heavy atom. The molecule has 1 heterocycles. The highest BCUT2D eigenvalue weighted by Crippen LogP contribution is 2.18. The maximum atomic E-state index is 12.2. The van der Waals surface area contributed by atoms with E-state index >= 15 is 0 Å². The molecule has 0 aliphatic carbocycles. The molecule has 0 fully saturated rings. The summed E-state index contributed by atoms with van der Waals surface area (Å²) in [6, 6.07) is 11.5. The fourth-order valence-electron chi connectivity index (χ4n) is 2.12. The number of anilines is 1. The standard InChI is InChI=1S/C17H21N3OS/c1-12(14-8-10-18-11-9-14)19-13(2)17(21)20-15-4-6-16(22-3)7-5-15/h4-13,19H,1-3H3,(H,20,21)/t12-,13+/m0/s1. The molecule has 2 aromatic rings. The lowest BCUT2D eigenvalue weighted by molar-refractivity contribution is -0.117. The molecule has 1 aromatic carbocycles. The molecule has 0 spiro atoms. The Kier molecular flexibility index (Phi) is 5.98. The van der Waals surface area contributed by atoms with Crippen LogP contribution < -0.4 is 10.6 Å². The van der Waals surface area contributed by atoms with Crippen LogP contribution in [0.3, 0.4) is 0 Å². The van der Waals surface area contributed by atoms with Crippen molar-refractivity contribution in [3.8, 4) is 0 Å². The fraction of sp³-hybridized carbons (Fsp3) is 0.294. The molecule has 0 aliphatic heterocycles. The minimum Gasteiger partial charge on any atom is -0.325 e. The van der Waals surface area contributed by atoms with E-state index in [0.29, 0.717) is 0 Å². The Balaban J connectivity index is 1.91. The summed E-state index contributed by atoms with van der Waals surface area (Å²) in [6.07, 6.45) is 5.54. The second kappa shape index (κ2) is 7.96. The van der Waals surface area contributed by atoms with E-state index < -0.39 is 0 Å². The lowest BCUT2D eigenvalue weighted by Gasteiger charge is -2.20. The van der Waals surface area contributed by atoms with Crippen molar-refractivity contribution < 1.29 is 4.79 Å². The number of nitrogens with zero attached hydrogens (tertiary/aromatic N) is 1. The summed E-state index contributed by atoms with van der Waals surface area (Å²) in [5.41, 5.74) is 1.92. The molecule has 0 radical (unpaired) electrons. The van der Waals surface area contributed by atoms with Crippen LogP contribution in [0.25, 0.3) is 0 Å². The van der Waals surface area contributed by atoms with Gasteiger partial charge in [-0.3, -0.25) is 15.1 Å². The van der Waals surface area contributed by atoms with Crippen LogP contribution in [0.2, 0.25) is 0 Å². The highest BCUT2D eigenvalue weighted by atomic mass is 32.2. The average molecular weight is 315 g/mol. The Hall–Kier alpha value is -1.85. The number of aromatic nitrogens is 1. The number of amides is 1. The van der Waals surface area contributed by atoms with Gasteiger partial charge in [-0.05, 0) is 62.1 Å². The molecule has 4 nitrogen and oxygen atoms in total. The summed E-state index contributed by atoms with van der Waals surface area (Å²) < 4.78 is 0. The smallest absolute Gasteiger partial charge is 0.241 e. The van der Waals surface area contributed by atoms with E-state index in [9.17, 15) is 4.79 Å². The zero-order valence-corrected chi connectivity index (χ0v) is 13.9. The van der Waals surface area contributed by atoms with Gasteiger partial charge in [-0.15, -0.1) is 11.8 Å². The van der Waals surface area contributed by atoms with Crippen LogP contribution >= 0.6 is 11.8 Å². The van der Waals surface area contributed by atoms with Gasteiger partial charge < -0.3 is 5.32 Å². The van der Waals surface area contributed by atoms with Crippen LogP contribution in [-0.4, -0.2) is 23.2 Å². The Morgan fingerprint density at radius 3 is 2.32 bits per heavy atom. The van der Waals surface area contributed by atoms with Gasteiger partial charge in [-0.25, -0.2) is 0 Å². The monoisotopic (exact) mass is 315 g/mol.